The third-order valence-electron chi connectivity index (χ3n) is 3.21. The zero-order valence-electron chi connectivity index (χ0n) is 11.9. The predicted octanol–water partition coefficient (Wildman–Crippen LogP) is 2.36. The average Bonchev–Trinajstić information content (AvgIpc) is 2.49. The summed E-state index contributed by atoms with van der Waals surface area (Å²) in [6, 6.07) is 9.97. The molecule has 2 atom stereocenters. The molecule has 0 radical (unpaired) electrons. The summed E-state index contributed by atoms with van der Waals surface area (Å²) in [5, 5.41) is 0. The highest BCUT2D eigenvalue weighted by Crippen LogP contribution is 2.28. The van der Waals surface area contributed by atoms with Gasteiger partial charge in [-0.25, -0.2) is 0 Å². The molecule has 0 spiro atoms. The second-order valence-corrected chi connectivity index (χ2v) is 4.58. The van der Waals surface area contributed by atoms with E-state index < -0.39 is 5.79 Å². The Morgan fingerprint density at radius 2 is 2.00 bits per heavy atom. The lowest BCUT2D eigenvalue weighted by Crippen LogP contribution is -2.47. The lowest BCUT2D eigenvalue weighted by Gasteiger charge is -2.37. The molecule has 1 aromatic carbocycles. The predicted molar refractivity (Wildman–Crippen MR) is 77.8 cm³/mol. The van der Waals surface area contributed by atoms with Gasteiger partial charge in [-0.2, -0.15) is 0 Å². The van der Waals surface area contributed by atoms with Gasteiger partial charge in [-0.05, 0) is 30.7 Å². The third kappa shape index (κ3) is 3.28. The number of methoxy groups -OCH3 is 1. The lowest BCUT2D eigenvalue weighted by molar-refractivity contribution is -0.240. The first-order chi connectivity index (χ1) is 9.70. The van der Waals surface area contributed by atoms with Crippen LogP contribution in [0.4, 0.5) is 0 Å². The highest BCUT2D eigenvalue weighted by molar-refractivity contribution is 5.28. The fourth-order valence-electron chi connectivity index (χ4n) is 2.18. The van der Waals surface area contributed by atoms with Crippen LogP contribution in [0, 0.1) is 0 Å². The topological polar surface area (TPSA) is 53.7 Å². The van der Waals surface area contributed by atoms with E-state index >= 15 is 0 Å². The highest BCUT2D eigenvalue weighted by Gasteiger charge is 2.39. The van der Waals surface area contributed by atoms with Crippen LogP contribution in [0.5, 0.6) is 0 Å². The molecule has 0 bridgehead atoms. The van der Waals surface area contributed by atoms with E-state index in [9.17, 15) is 0 Å². The van der Waals surface area contributed by atoms with Gasteiger partial charge in [-0.15, -0.1) is 0 Å². The Hall–Kier alpha value is -1.62. The van der Waals surface area contributed by atoms with Crippen molar-refractivity contribution < 1.29 is 14.2 Å². The van der Waals surface area contributed by atoms with Crippen molar-refractivity contribution in [3.63, 3.8) is 0 Å². The molecule has 2 rings (SSSR count). The second kappa shape index (κ2) is 6.70. The van der Waals surface area contributed by atoms with Crippen LogP contribution in [0.3, 0.4) is 0 Å². The molecule has 1 aliphatic rings. The molecule has 2 unspecified atom stereocenters. The summed E-state index contributed by atoms with van der Waals surface area (Å²) in [6.07, 6.45) is 5.03. The molecule has 1 aromatic rings. The standard InChI is InChI=1S/C16H21NO3/c1-3-20-16(18-2)10-9-14(17)11-15(16)19-12-13-7-5-4-6-8-13/h4-11,15H,3,12,17H2,1-2H3. The quantitative estimate of drug-likeness (QED) is 0.810. The smallest absolute Gasteiger partial charge is 0.218 e. The lowest BCUT2D eigenvalue weighted by atomic mass is 10.0. The van der Waals surface area contributed by atoms with Crippen LogP contribution in [0.2, 0.25) is 0 Å². The Kier molecular flexibility index (Phi) is 4.95. The Balaban J connectivity index is 2.11. The summed E-state index contributed by atoms with van der Waals surface area (Å²) in [7, 11) is 1.61. The number of ether oxygens (including phenoxy) is 3. The summed E-state index contributed by atoms with van der Waals surface area (Å²) < 4.78 is 17.2. The van der Waals surface area contributed by atoms with E-state index in [0.717, 1.165) is 5.56 Å². The molecule has 0 saturated carbocycles. The zero-order valence-corrected chi connectivity index (χ0v) is 11.9. The van der Waals surface area contributed by atoms with Crippen molar-refractivity contribution in [1.29, 1.82) is 0 Å². The van der Waals surface area contributed by atoms with Gasteiger partial charge >= 0.3 is 0 Å². The Morgan fingerprint density at radius 3 is 2.65 bits per heavy atom. The molecule has 0 aromatic heterocycles. The van der Waals surface area contributed by atoms with Gasteiger partial charge in [0.2, 0.25) is 5.79 Å². The van der Waals surface area contributed by atoms with Gasteiger partial charge in [0.25, 0.3) is 0 Å². The molecule has 108 valence electrons. The first-order valence-electron chi connectivity index (χ1n) is 6.71. The van der Waals surface area contributed by atoms with E-state index in [1.807, 2.05) is 49.4 Å². The normalized spacial score (nSPS) is 25.5. The summed E-state index contributed by atoms with van der Waals surface area (Å²) >= 11 is 0. The molecule has 1 aliphatic carbocycles. The van der Waals surface area contributed by atoms with Crippen LogP contribution in [0.15, 0.2) is 54.3 Å². The molecule has 4 heteroatoms. The van der Waals surface area contributed by atoms with Crippen molar-refractivity contribution in [2.24, 2.45) is 5.73 Å². The van der Waals surface area contributed by atoms with E-state index in [1.165, 1.54) is 0 Å². The van der Waals surface area contributed by atoms with Crippen LogP contribution < -0.4 is 5.73 Å². The van der Waals surface area contributed by atoms with Gasteiger partial charge in [0.05, 0.1) is 6.61 Å². The molecule has 0 aliphatic heterocycles. The first kappa shape index (κ1) is 14.8. The van der Waals surface area contributed by atoms with Crippen LogP contribution >= 0.6 is 0 Å². The van der Waals surface area contributed by atoms with E-state index in [1.54, 1.807) is 13.2 Å². The van der Waals surface area contributed by atoms with Gasteiger partial charge in [0.15, 0.2) is 0 Å². The number of benzene rings is 1. The Bertz CT molecular complexity index is 484. The van der Waals surface area contributed by atoms with Gasteiger partial charge in [0.1, 0.15) is 6.10 Å². The first-order valence-corrected chi connectivity index (χ1v) is 6.71. The highest BCUT2D eigenvalue weighted by atomic mass is 16.7. The maximum absolute atomic E-state index is 5.94. The molecule has 0 saturated heterocycles. The zero-order chi connectivity index (χ0) is 14.4. The third-order valence-corrected chi connectivity index (χ3v) is 3.21. The van der Waals surface area contributed by atoms with Crippen LogP contribution in [0.25, 0.3) is 0 Å². The molecule has 0 amide bonds. The van der Waals surface area contributed by atoms with E-state index in [2.05, 4.69) is 0 Å². The number of hydrogen-bond acceptors (Lipinski definition) is 4. The fraction of sp³-hybridized carbons (Fsp3) is 0.375. The van der Waals surface area contributed by atoms with E-state index in [4.69, 9.17) is 19.9 Å². The van der Waals surface area contributed by atoms with E-state index in [-0.39, 0.29) is 6.10 Å². The summed E-state index contributed by atoms with van der Waals surface area (Å²) in [5.74, 6) is -0.910. The van der Waals surface area contributed by atoms with Crippen LogP contribution in [-0.2, 0) is 20.8 Å². The van der Waals surface area contributed by atoms with Gasteiger partial charge < -0.3 is 19.9 Å². The molecule has 4 nitrogen and oxygen atoms in total. The molecular weight excluding hydrogens is 254 g/mol. The van der Waals surface area contributed by atoms with Crippen molar-refractivity contribution in [3.05, 3.63) is 59.8 Å². The number of nitrogens with two attached hydrogens (primary N) is 1. The second-order valence-electron chi connectivity index (χ2n) is 4.58. The van der Waals surface area contributed by atoms with Crippen LogP contribution in [-0.4, -0.2) is 25.6 Å². The van der Waals surface area contributed by atoms with Crippen molar-refractivity contribution in [1.82, 2.24) is 0 Å². The van der Waals surface area contributed by atoms with E-state index in [0.29, 0.717) is 18.9 Å². The number of allylic oxidation sites excluding steroid dienone is 1. The van der Waals surface area contributed by atoms with Crippen molar-refractivity contribution in [2.75, 3.05) is 13.7 Å². The monoisotopic (exact) mass is 275 g/mol. The van der Waals surface area contributed by atoms with Gasteiger partial charge in [-0.1, -0.05) is 30.3 Å². The van der Waals surface area contributed by atoms with Gasteiger partial charge in [-0.3, -0.25) is 0 Å². The van der Waals surface area contributed by atoms with Crippen LogP contribution in [0.1, 0.15) is 12.5 Å². The number of rotatable bonds is 6. The number of hydrogen-bond donors (Lipinski definition) is 1. The maximum Gasteiger partial charge on any atom is 0.218 e. The molecular formula is C16H21NO3. The molecule has 0 heterocycles. The Labute approximate surface area is 119 Å². The maximum atomic E-state index is 5.94. The van der Waals surface area contributed by atoms with Crippen molar-refractivity contribution in [2.45, 2.75) is 25.4 Å². The Morgan fingerprint density at radius 1 is 1.25 bits per heavy atom. The molecule has 0 fully saturated rings. The minimum absolute atomic E-state index is 0.377. The molecule has 20 heavy (non-hydrogen) atoms. The van der Waals surface area contributed by atoms with Crippen molar-refractivity contribution >= 4 is 0 Å². The van der Waals surface area contributed by atoms with Gasteiger partial charge in [0, 0.05) is 19.4 Å². The summed E-state index contributed by atoms with van der Waals surface area (Å²) in [4.78, 5) is 0. The minimum Gasteiger partial charge on any atom is -0.399 e. The molecule has 2 N–H and O–H groups in total. The SMILES string of the molecule is CCOC1(OC)C=CC(N)=CC1OCc1ccccc1. The summed E-state index contributed by atoms with van der Waals surface area (Å²) in [6.45, 7) is 2.92. The minimum atomic E-state index is -0.910. The summed E-state index contributed by atoms with van der Waals surface area (Å²) in [5.41, 5.74) is 7.59. The fourth-order valence-corrected chi connectivity index (χ4v) is 2.18. The largest absolute Gasteiger partial charge is 0.399 e. The van der Waals surface area contributed by atoms with Crippen molar-refractivity contribution in [3.8, 4) is 0 Å². The average molecular weight is 275 g/mol.